The minimum absolute atomic E-state index is 0.264. The zero-order chi connectivity index (χ0) is 19.4. The van der Waals surface area contributed by atoms with Crippen molar-refractivity contribution in [2.45, 2.75) is 27.7 Å². The molecular formula is C16H22N6O4. The minimum Gasteiger partial charge on any atom is -0.354 e. The maximum absolute atomic E-state index is 11.2. The summed E-state index contributed by atoms with van der Waals surface area (Å²) in [5, 5.41) is 22.4. The molecule has 0 bridgehead atoms. The van der Waals surface area contributed by atoms with Gasteiger partial charge in [-0.3, -0.25) is 20.2 Å². The van der Waals surface area contributed by atoms with Gasteiger partial charge in [-0.05, 0) is 27.7 Å². The van der Waals surface area contributed by atoms with E-state index in [1.807, 2.05) is 37.5 Å². The van der Waals surface area contributed by atoms with Crippen LogP contribution < -0.4 is 9.80 Å². The topological polar surface area (TPSA) is 119 Å². The zero-order valence-corrected chi connectivity index (χ0v) is 15.3. The Kier molecular flexibility index (Phi) is 5.86. The Hall–Kier alpha value is -3.04. The summed E-state index contributed by atoms with van der Waals surface area (Å²) in [7, 11) is 0. The minimum atomic E-state index is -0.769. The molecule has 10 nitrogen and oxygen atoms in total. The second-order valence-corrected chi connectivity index (χ2v) is 5.56. The van der Waals surface area contributed by atoms with Crippen molar-refractivity contribution >= 4 is 34.0 Å². The molecule has 0 fully saturated rings. The van der Waals surface area contributed by atoms with E-state index in [9.17, 15) is 20.2 Å². The highest BCUT2D eigenvalue weighted by Gasteiger charge is 2.27. The highest BCUT2D eigenvalue weighted by atomic mass is 16.6. The van der Waals surface area contributed by atoms with Crippen LogP contribution in [0, 0.1) is 20.2 Å². The van der Waals surface area contributed by atoms with E-state index in [0.717, 1.165) is 12.1 Å². The quantitative estimate of drug-likeness (QED) is 0.519. The van der Waals surface area contributed by atoms with Crippen LogP contribution in [0.2, 0.25) is 0 Å². The van der Waals surface area contributed by atoms with Gasteiger partial charge in [-0.25, -0.2) is 9.97 Å². The molecule has 0 aliphatic carbocycles. The molecule has 2 rings (SSSR count). The van der Waals surface area contributed by atoms with Crippen LogP contribution in [0.15, 0.2) is 12.1 Å². The average Bonchev–Trinajstić information content (AvgIpc) is 2.62. The second kappa shape index (κ2) is 7.89. The lowest BCUT2D eigenvalue weighted by atomic mass is 10.2. The van der Waals surface area contributed by atoms with Gasteiger partial charge in [0.25, 0.3) is 0 Å². The molecule has 140 valence electrons. The molecule has 1 aromatic carbocycles. The summed E-state index contributed by atoms with van der Waals surface area (Å²) in [5.74, 6) is 1.24. The first-order valence-electron chi connectivity index (χ1n) is 8.52. The molecule has 0 aliphatic rings. The predicted octanol–water partition coefficient (Wildman–Crippen LogP) is 3.14. The molecule has 0 unspecified atom stereocenters. The summed E-state index contributed by atoms with van der Waals surface area (Å²) in [6, 6.07) is 2.25. The largest absolute Gasteiger partial charge is 0.354 e. The highest BCUT2D eigenvalue weighted by Crippen LogP contribution is 2.34. The first-order chi connectivity index (χ1) is 12.4. The number of hydrogen-bond donors (Lipinski definition) is 0. The van der Waals surface area contributed by atoms with Crippen molar-refractivity contribution in [2.24, 2.45) is 0 Å². The molecule has 10 heteroatoms. The Morgan fingerprint density at radius 1 is 0.769 bits per heavy atom. The molecular weight excluding hydrogens is 340 g/mol. The van der Waals surface area contributed by atoms with E-state index in [4.69, 9.17) is 0 Å². The summed E-state index contributed by atoms with van der Waals surface area (Å²) < 4.78 is 0. The lowest BCUT2D eigenvalue weighted by molar-refractivity contribution is -0.422. The Balaban J connectivity index is 2.83. The summed E-state index contributed by atoms with van der Waals surface area (Å²) in [5.41, 5.74) is -0.643. The van der Waals surface area contributed by atoms with E-state index < -0.39 is 21.2 Å². The number of aromatic nitrogens is 2. The third kappa shape index (κ3) is 3.48. The van der Waals surface area contributed by atoms with E-state index in [-0.39, 0.29) is 11.0 Å². The first kappa shape index (κ1) is 19.3. The molecule has 0 spiro atoms. The van der Waals surface area contributed by atoms with Gasteiger partial charge in [0.1, 0.15) is 0 Å². The summed E-state index contributed by atoms with van der Waals surface area (Å²) in [4.78, 5) is 34.0. The Morgan fingerprint density at radius 3 is 1.31 bits per heavy atom. The van der Waals surface area contributed by atoms with Gasteiger partial charge in [0.15, 0.2) is 11.6 Å². The van der Waals surface area contributed by atoms with Gasteiger partial charge in [0, 0.05) is 26.2 Å². The summed E-state index contributed by atoms with van der Waals surface area (Å²) >= 11 is 0. The number of nitro benzene ring substituents is 2. The van der Waals surface area contributed by atoms with Crippen molar-refractivity contribution in [1.29, 1.82) is 0 Å². The predicted molar refractivity (Wildman–Crippen MR) is 100.0 cm³/mol. The van der Waals surface area contributed by atoms with Gasteiger partial charge >= 0.3 is 11.4 Å². The molecule has 1 aromatic heterocycles. The maximum atomic E-state index is 11.2. The third-order valence-electron chi connectivity index (χ3n) is 4.24. The van der Waals surface area contributed by atoms with Crippen LogP contribution in [0.5, 0.6) is 0 Å². The lowest BCUT2D eigenvalue weighted by Crippen LogP contribution is -2.30. The van der Waals surface area contributed by atoms with Crippen LogP contribution >= 0.6 is 0 Å². The normalized spacial score (nSPS) is 10.8. The zero-order valence-electron chi connectivity index (χ0n) is 15.3. The number of fused-ring (bicyclic) bond motifs is 1. The lowest BCUT2D eigenvalue weighted by Gasteiger charge is -2.28. The van der Waals surface area contributed by atoms with E-state index in [0.29, 0.717) is 37.8 Å². The van der Waals surface area contributed by atoms with E-state index in [1.54, 1.807) is 0 Å². The van der Waals surface area contributed by atoms with Crippen molar-refractivity contribution in [2.75, 3.05) is 36.0 Å². The van der Waals surface area contributed by atoms with Crippen LogP contribution in [0.4, 0.5) is 23.0 Å². The van der Waals surface area contributed by atoms with Crippen molar-refractivity contribution in [3.8, 4) is 0 Å². The molecule has 26 heavy (non-hydrogen) atoms. The van der Waals surface area contributed by atoms with Gasteiger partial charge < -0.3 is 9.80 Å². The number of nitrogens with zero attached hydrogens (tertiary/aromatic N) is 6. The number of rotatable bonds is 8. The Bertz CT molecular complexity index is 765. The Morgan fingerprint density at radius 2 is 1.08 bits per heavy atom. The van der Waals surface area contributed by atoms with Gasteiger partial charge in [0.05, 0.1) is 33.0 Å². The molecule has 0 radical (unpaired) electrons. The molecule has 0 N–H and O–H groups in total. The fourth-order valence-electron chi connectivity index (χ4n) is 2.83. The number of anilines is 2. The number of nitro groups is 2. The third-order valence-corrected chi connectivity index (χ3v) is 4.24. The van der Waals surface area contributed by atoms with Crippen molar-refractivity contribution in [3.63, 3.8) is 0 Å². The van der Waals surface area contributed by atoms with Crippen LogP contribution in [0.25, 0.3) is 11.0 Å². The van der Waals surface area contributed by atoms with E-state index >= 15 is 0 Å². The average molecular weight is 362 g/mol. The standard InChI is InChI=1S/C16H22N6O4/c1-5-19(6-2)15-16(20(7-3)8-4)18-12-10-14(22(25)26)13(21(23)24)9-11(12)17-15/h9-10H,5-8H2,1-4H3. The smallest absolute Gasteiger partial charge is 0.348 e. The number of hydrogen-bond acceptors (Lipinski definition) is 8. The number of benzene rings is 1. The van der Waals surface area contributed by atoms with Crippen LogP contribution in [0.1, 0.15) is 27.7 Å². The van der Waals surface area contributed by atoms with E-state index in [1.165, 1.54) is 0 Å². The van der Waals surface area contributed by atoms with Gasteiger partial charge in [-0.2, -0.15) is 0 Å². The molecule has 0 aliphatic heterocycles. The van der Waals surface area contributed by atoms with Crippen molar-refractivity contribution in [1.82, 2.24) is 9.97 Å². The molecule has 1 heterocycles. The van der Waals surface area contributed by atoms with Crippen LogP contribution in [-0.4, -0.2) is 46.0 Å². The van der Waals surface area contributed by atoms with E-state index in [2.05, 4.69) is 9.97 Å². The summed E-state index contributed by atoms with van der Waals surface area (Å²) in [6.07, 6.45) is 0. The fraction of sp³-hybridized carbons (Fsp3) is 0.500. The van der Waals surface area contributed by atoms with Crippen molar-refractivity contribution < 1.29 is 9.85 Å². The monoisotopic (exact) mass is 362 g/mol. The maximum Gasteiger partial charge on any atom is 0.348 e. The van der Waals surface area contributed by atoms with Crippen molar-refractivity contribution in [3.05, 3.63) is 32.4 Å². The molecule has 0 saturated heterocycles. The fourth-order valence-corrected chi connectivity index (χ4v) is 2.83. The van der Waals surface area contributed by atoms with Gasteiger partial charge in [-0.15, -0.1) is 0 Å². The van der Waals surface area contributed by atoms with Crippen LogP contribution in [-0.2, 0) is 0 Å². The van der Waals surface area contributed by atoms with Crippen LogP contribution in [0.3, 0.4) is 0 Å². The highest BCUT2D eigenvalue weighted by molar-refractivity contribution is 5.86. The van der Waals surface area contributed by atoms with Gasteiger partial charge in [0.2, 0.25) is 0 Å². The Labute approximate surface area is 150 Å². The molecule has 0 amide bonds. The van der Waals surface area contributed by atoms with Gasteiger partial charge in [-0.1, -0.05) is 0 Å². The first-order valence-corrected chi connectivity index (χ1v) is 8.52. The second-order valence-electron chi connectivity index (χ2n) is 5.56. The molecule has 2 aromatic rings. The molecule has 0 saturated carbocycles. The molecule has 0 atom stereocenters. The SMILES string of the molecule is CCN(CC)c1nc2cc([N+](=O)[O-])c([N+](=O)[O-])cc2nc1N(CC)CC. The summed E-state index contributed by atoms with van der Waals surface area (Å²) in [6.45, 7) is 10.7.